The van der Waals surface area contributed by atoms with Crippen molar-refractivity contribution in [1.82, 2.24) is 14.7 Å². The lowest BCUT2D eigenvalue weighted by Gasteiger charge is -2.12. The molecule has 138 valence electrons. The van der Waals surface area contributed by atoms with Gasteiger partial charge in [0.1, 0.15) is 0 Å². The van der Waals surface area contributed by atoms with Gasteiger partial charge in [-0.1, -0.05) is 41.5 Å². The molecule has 0 aliphatic rings. The number of hydrogen-bond donors (Lipinski definition) is 0. The topological polar surface area (TPSA) is 9.72 Å². The van der Waals surface area contributed by atoms with Crippen molar-refractivity contribution in [2.45, 2.75) is 67.2 Å². The van der Waals surface area contributed by atoms with Gasteiger partial charge < -0.3 is 14.7 Å². The largest absolute Gasteiger partial charge is 0.307 e. The molecule has 0 fully saturated rings. The lowest BCUT2D eigenvalue weighted by molar-refractivity contribution is 0.335. The normalized spacial score (nSPS) is 10.4. The zero-order valence-electron chi connectivity index (χ0n) is 17.4. The second-order valence-electron chi connectivity index (χ2n) is 6.10. The average molecular weight is 318 g/mol. The Hall–Kier alpha value is -0.120. The first kappa shape index (κ1) is 26.8. The van der Waals surface area contributed by atoms with E-state index in [1.807, 2.05) is 0 Å². The maximum absolute atomic E-state index is 2.36. The van der Waals surface area contributed by atoms with Gasteiger partial charge in [0.15, 0.2) is 0 Å². The molecular formula is C19H47N3. The summed E-state index contributed by atoms with van der Waals surface area (Å²) in [4.78, 5) is 6.97. The van der Waals surface area contributed by atoms with E-state index in [2.05, 4.69) is 77.4 Å². The van der Waals surface area contributed by atoms with Crippen molar-refractivity contribution >= 4 is 0 Å². The van der Waals surface area contributed by atoms with Gasteiger partial charge in [0.25, 0.3) is 0 Å². The molecule has 0 amide bonds. The standard InChI is InChI=1S/2C7H17N.C5H13N/c2*1-4-6-8(3)7-5-2;1-4-6(3)5-2/h2*4-7H2,1-3H3;4-5H2,1-3H3. The molecule has 0 heterocycles. The zero-order chi connectivity index (χ0) is 17.8. The monoisotopic (exact) mass is 317 g/mol. The van der Waals surface area contributed by atoms with Crippen LogP contribution in [-0.4, -0.2) is 75.1 Å². The van der Waals surface area contributed by atoms with Crippen LogP contribution in [-0.2, 0) is 0 Å². The summed E-state index contributed by atoms with van der Waals surface area (Å²) in [6.07, 6.45) is 5.10. The van der Waals surface area contributed by atoms with Gasteiger partial charge in [0.2, 0.25) is 0 Å². The first-order valence-electron chi connectivity index (χ1n) is 9.48. The van der Waals surface area contributed by atoms with E-state index in [0.717, 1.165) is 13.1 Å². The van der Waals surface area contributed by atoms with Crippen LogP contribution in [0.25, 0.3) is 0 Å². The minimum Gasteiger partial charge on any atom is -0.307 e. The van der Waals surface area contributed by atoms with Gasteiger partial charge in [-0.05, 0) is 86.1 Å². The molecule has 0 saturated heterocycles. The quantitative estimate of drug-likeness (QED) is 0.590. The van der Waals surface area contributed by atoms with Crippen molar-refractivity contribution in [1.29, 1.82) is 0 Å². The molecule has 0 saturated carbocycles. The Morgan fingerprint density at radius 1 is 0.409 bits per heavy atom. The van der Waals surface area contributed by atoms with E-state index in [1.54, 1.807) is 0 Å². The van der Waals surface area contributed by atoms with E-state index < -0.39 is 0 Å². The molecule has 0 aliphatic heterocycles. The third-order valence-electron chi connectivity index (χ3n) is 3.50. The number of rotatable bonds is 10. The number of nitrogens with zero attached hydrogens (tertiary/aromatic N) is 3. The predicted molar refractivity (Wildman–Crippen MR) is 105 cm³/mol. The highest BCUT2D eigenvalue weighted by Crippen LogP contribution is 1.87. The second kappa shape index (κ2) is 23.2. The Labute approximate surface area is 143 Å². The van der Waals surface area contributed by atoms with Crippen molar-refractivity contribution in [3.8, 4) is 0 Å². The molecule has 0 aromatic heterocycles. The van der Waals surface area contributed by atoms with E-state index in [9.17, 15) is 0 Å². The molecule has 3 heteroatoms. The summed E-state index contributed by atoms with van der Waals surface area (Å²) in [6.45, 7) is 20.5. The summed E-state index contributed by atoms with van der Waals surface area (Å²) in [6, 6.07) is 0. The fourth-order valence-electron chi connectivity index (χ4n) is 1.97. The highest BCUT2D eigenvalue weighted by Gasteiger charge is 1.90. The molecule has 0 aromatic rings. The van der Waals surface area contributed by atoms with E-state index in [-0.39, 0.29) is 0 Å². The number of hydrogen-bond acceptors (Lipinski definition) is 3. The van der Waals surface area contributed by atoms with E-state index in [4.69, 9.17) is 0 Å². The van der Waals surface area contributed by atoms with Crippen molar-refractivity contribution < 1.29 is 0 Å². The van der Waals surface area contributed by atoms with Crippen LogP contribution < -0.4 is 0 Å². The Balaban J connectivity index is -0.000000249. The van der Waals surface area contributed by atoms with E-state index >= 15 is 0 Å². The second-order valence-corrected chi connectivity index (χ2v) is 6.10. The lowest BCUT2D eigenvalue weighted by Crippen LogP contribution is -2.19. The van der Waals surface area contributed by atoms with Crippen LogP contribution in [0.3, 0.4) is 0 Å². The zero-order valence-corrected chi connectivity index (χ0v) is 17.4. The minimum absolute atomic E-state index is 1.16. The molecule has 0 bridgehead atoms. The SMILES string of the molecule is CCCN(C)CCC.CCCN(C)CCC.CCN(C)CC. The summed E-state index contributed by atoms with van der Waals surface area (Å²) in [5, 5.41) is 0. The Bertz CT molecular complexity index is 144. The van der Waals surface area contributed by atoms with Crippen molar-refractivity contribution in [2.24, 2.45) is 0 Å². The van der Waals surface area contributed by atoms with Crippen LogP contribution >= 0.6 is 0 Å². The molecule has 22 heavy (non-hydrogen) atoms. The van der Waals surface area contributed by atoms with Crippen LogP contribution in [0.15, 0.2) is 0 Å². The third-order valence-corrected chi connectivity index (χ3v) is 3.50. The van der Waals surface area contributed by atoms with Crippen LogP contribution in [0.1, 0.15) is 67.2 Å². The van der Waals surface area contributed by atoms with Gasteiger partial charge in [0, 0.05) is 0 Å². The Morgan fingerprint density at radius 2 is 0.636 bits per heavy atom. The van der Waals surface area contributed by atoms with Crippen LogP contribution in [0.4, 0.5) is 0 Å². The summed E-state index contributed by atoms with van der Waals surface area (Å²) in [5.74, 6) is 0. The Kier molecular flexibility index (Phi) is 28.2. The molecule has 3 nitrogen and oxygen atoms in total. The van der Waals surface area contributed by atoms with Gasteiger partial charge in [-0.25, -0.2) is 0 Å². The van der Waals surface area contributed by atoms with Crippen LogP contribution in [0, 0.1) is 0 Å². The highest BCUT2D eigenvalue weighted by molar-refractivity contribution is 4.46. The first-order chi connectivity index (χ1) is 10.4. The molecule has 0 aromatic carbocycles. The molecule has 0 unspecified atom stereocenters. The van der Waals surface area contributed by atoms with Gasteiger partial charge in [-0.2, -0.15) is 0 Å². The van der Waals surface area contributed by atoms with Crippen LogP contribution in [0.5, 0.6) is 0 Å². The fourth-order valence-corrected chi connectivity index (χ4v) is 1.97. The van der Waals surface area contributed by atoms with E-state index in [0.29, 0.717) is 0 Å². The van der Waals surface area contributed by atoms with Crippen molar-refractivity contribution in [3.63, 3.8) is 0 Å². The third kappa shape index (κ3) is 28.1. The molecule has 0 spiro atoms. The van der Waals surface area contributed by atoms with Crippen molar-refractivity contribution in [2.75, 3.05) is 60.4 Å². The van der Waals surface area contributed by atoms with Crippen molar-refractivity contribution in [3.05, 3.63) is 0 Å². The maximum atomic E-state index is 2.36. The van der Waals surface area contributed by atoms with Gasteiger partial charge >= 0.3 is 0 Å². The van der Waals surface area contributed by atoms with Gasteiger partial charge in [0.05, 0.1) is 0 Å². The molecule has 0 aliphatic carbocycles. The molecule has 0 rings (SSSR count). The first-order valence-corrected chi connectivity index (χ1v) is 9.48. The highest BCUT2D eigenvalue weighted by atomic mass is 15.1. The summed E-state index contributed by atoms with van der Waals surface area (Å²) < 4.78 is 0. The maximum Gasteiger partial charge on any atom is -0.00244 e. The summed E-state index contributed by atoms with van der Waals surface area (Å²) >= 11 is 0. The molecule has 0 atom stereocenters. The Morgan fingerprint density at radius 3 is 0.727 bits per heavy atom. The molecule has 0 N–H and O–H groups in total. The summed E-state index contributed by atoms with van der Waals surface area (Å²) in [5.41, 5.74) is 0. The minimum atomic E-state index is 1.16. The van der Waals surface area contributed by atoms with E-state index in [1.165, 1.54) is 51.9 Å². The molecule has 0 radical (unpaired) electrons. The smallest absolute Gasteiger partial charge is 0.00244 e. The summed E-state index contributed by atoms with van der Waals surface area (Å²) in [7, 11) is 6.46. The van der Waals surface area contributed by atoms with Gasteiger partial charge in [-0.3, -0.25) is 0 Å². The van der Waals surface area contributed by atoms with Crippen LogP contribution in [0.2, 0.25) is 0 Å². The molecular weight excluding hydrogens is 270 g/mol. The fraction of sp³-hybridized carbons (Fsp3) is 1.00. The average Bonchev–Trinajstić information content (AvgIpc) is 2.49. The lowest BCUT2D eigenvalue weighted by atomic mass is 10.4. The predicted octanol–water partition coefficient (Wildman–Crippen LogP) is 4.43. The van der Waals surface area contributed by atoms with Gasteiger partial charge in [-0.15, -0.1) is 0 Å².